The monoisotopic (exact) mass is 205 g/mol. The maximum absolute atomic E-state index is 5.59. The molecule has 0 aliphatic rings. The standard InChI is InChI=1S/C12H16NP/c1-4-13(5-2)14(6-3)12-10-8-7-9-11-12/h3,7-11H,4-5H2,1-2H3. The van der Waals surface area contributed by atoms with Gasteiger partial charge in [0.1, 0.15) is 0 Å². The molecule has 1 atom stereocenters. The summed E-state index contributed by atoms with van der Waals surface area (Å²) in [6.07, 6.45) is 5.59. The topological polar surface area (TPSA) is 3.24 Å². The van der Waals surface area contributed by atoms with Crippen LogP contribution in [0, 0.1) is 12.1 Å². The highest BCUT2D eigenvalue weighted by molar-refractivity contribution is 7.68. The van der Waals surface area contributed by atoms with E-state index in [-0.39, 0.29) is 0 Å². The molecule has 74 valence electrons. The number of rotatable bonds is 4. The van der Waals surface area contributed by atoms with Crippen molar-refractivity contribution in [2.45, 2.75) is 13.8 Å². The summed E-state index contributed by atoms with van der Waals surface area (Å²) in [6, 6.07) is 10.3. The van der Waals surface area contributed by atoms with E-state index in [0.29, 0.717) is 0 Å². The molecule has 0 saturated heterocycles. The lowest BCUT2D eigenvalue weighted by Crippen LogP contribution is -2.21. The second-order valence-corrected chi connectivity index (χ2v) is 4.88. The first-order chi connectivity index (χ1) is 6.83. The van der Waals surface area contributed by atoms with Crippen LogP contribution in [0.4, 0.5) is 0 Å². The fourth-order valence-electron chi connectivity index (χ4n) is 1.40. The smallest absolute Gasteiger partial charge is 0.0758 e. The summed E-state index contributed by atoms with van der Waals surface area (Å²) < 4.78 is 2.34. The third-order valence-corrected chi connectivity index (χ3v) is 4.30. The van der Waals surface area contributed by atoms with Gasteiger partial charge in [0.25, 0.3) is 0 Å². The largest absolute Gasteiger partial charge is 0.269 e. The van der Waals surface area contributed by atoms with Crippen molar-refractivity contribution in [3.8, 4) is 12.1 Å². The SMILES string of the molecule is C#CP(c1ccccc1)N(CC)CC. The molecule has 1 unspecified atom stereocenters. The average molecular weight is 205 g/mol. The summed E-state index contributed by atoms with van der Waals surface area (Å²) in [5, 5.41) is 1.27. The lowest BCUT2D eigenvalue weighted by atomic mass is 10.4. The Morgan fingerprint density at radius 2 is 1.79 bits per heavy atom. The fourth-order valence-corrected chi connectivity index (χ4v) is 3.05. The molecule has 0 amide bonds. The predicted octanol–water partition coefficient (Wildman–Crippen LogP) is 2.64. The van der Waals surface area contributed by atoms with Crippen molar-refractivity contribution in [2.75, 3.05) is 13.1 Å². The number of terminal acetylenes is 1. The van der Waals surface area contributed by atoms with Gasteiger partial charge in [-0.1, -0.05) is 49.8 Å². The first kappa shape index (κ1) is 11.2. The fraction of sp³-hybridized carbons (Fsp3) is 0.333. The van der Waals surface area contributed by atoms with Gasteiger partial charge in [-0.05, 0) is 0 Å². The lowest BCUT2D eigenvalue weighted by Gasteiger charge is -2.25. The number of nitrogens with zero attached hydrogens (tertiary/aromatic N) is 1. The number of benzene rings is 1. The molecule has 1 aromatic carbocycles. The van der Waals surface area contributed by atoms with Crippen molar-refractivity contribution in [1.29, 1.82) is 0 Å². The van der Waals surface area contributed by atoms with Crippen molar-refractivity contribution in [1.82, 2.24) is 4.67 Å². The highest BCUT2D eigenvalue weighted by atomic mass is 31.1. The van der Waals surface area contributed by atoms with Crippen LogP contribution >= 0.6 is 8.07 Å². The summed E-state index contributed by atoms with van der Waals surface area (Å²) >= 11 is 0. The van der Waals surface area contributed by atoms with Crippen LogP contribution in [-0.2, 0) is 0 Å². The van der Waals surface area contributed by atoms with E-state index < -0.39 is 8.07 Å². The van der Waals surface area contributed by atoms with Gasteiger partial charge in [-0.15, -0.1) is 6.42 Å². The second kappa shape index (κ2) is 5.81. The minimum Gasteiger partial charge on any atom is -0.269 e. The van der Waals surface area contributed by atoms with E-state index in [1.807, 2.05) is 18.2 Å². The minimum absolute atomic E-state index is 0.556. The van der Waals surface area contributed by atoms with Crippen LogP contribution in [-0.4, -0.2) is 17.8 Å². The van der Waals surface area contributed by atoms with E-state index in [9.17, 15) is 0 Å². The molecule has 0 bridgehead atoms. The third kappa shape index (κ3) is 2.58. The van der Waals surface area contributed by atoms with Gasteiger partial charge in [0.2, 0.25) is 0 Å². The van der Waals surface area contributed by atoms with Crippen LogP contribution in [0.1, 0.15) is 13.8 Å². The maximum Gasteiger partial charge on any atom is 0.0758 e. The van der Waals surface area contributed by atoms with Crippen LogP contribution in [0.5, 0.6) is 0 Å². The number of hydrogen-bond acceptors (Lipinski definition) is 1. The molecule has 0 radical (unpaired) electrons. The zero-order valence-electron chi connectivity index (χ0n) is 8.77. The van der Waals surface area contributed by atoms with Crippen molar-refractivity contribution >= 4 is 13.4 Å². The Morgan fingerprint density at radius 3 is 2.21 bits per heavy atom. The molecule has 0 heterocycles. The Balaban J connectivity index is 2.88. The summed E-state index contributed by atoms with van der Waals surface area (Å²) in [5.41, 5.74) is 2.91. The van der Waals surface area contributed by atoms with Gasteiger partial charge in [0.15, 0.2) is 0 Å². The zero-order valence-corrected chi connectivity index (χ0v) is 9.67. The Bertz CT molecular complexity index is 298. The summed E-state index contributed by atoms with van der Waals surface area (Å²) in [5.74, 6) is 0. The minimum atomic E-state index is -0.556. The first-order valence-corrected chi connectivity index (χ1v) is 6.19. The highest BCUT2D eigenvalue weighted by Crippen LogP contribution is 2.36. The van der Waals surface area contributed by atoms with E-state index in [0.717, 1.165) is 13.1 Å². The van der Waals surface area contributed by atoms with Crippen LogP contribution in [0.15, 0.2) is 30.3 Å². The molecule has 1 aromatic rings. The molecule has 14 heavy (non-hydrogen) atoms. The van der Waals surface area contributed by atoms with E-state index in [4.69, 9.17) is 6.42 Å². The van der Waals surface area contributed by atoms with Gasteiger partial charge in [0, 0.05) is 18.4 Å². The Kier molecular flexibility index (Phi) is 4.66. The molecule has 1 rings (SSSR count). The summed E-state index contributed by atoms with van der Waals surface area (Å²) in [4.78, 5) is 0. The lowest BCUT2D eigenvalue weighted by molar-refractivity contribution is 0.515. The van der Waals surface area contributed by atoms with Crippen LogP contribution in [0.3, 0.4) is 0 Å². The van der Waals surface area contributed by atoms with Gasteiger partial charge in [-0.25, -0.2) is 0 Å². The third-order valence-electron chi connectivity index (χ3n) is 2.14. The zero-order chi connectivity index (χ0) is 10.4. The number of hydrogen-bond donors (Lipinski definition) is 0. The molecule has 0 spiro atoms. The molecule has 0 fully saturated rings. The van der Waals surface area contributed by atoms with E-state index in [2.05, 4.69) is 36.3 Å². The second-order valence-electron chi connectivity index (χ2n) is 2.92. The summed E-state index contributed by atoms with van der Waals surface area (Å²) in [6.45, 7) is 6.33. The Hall–Kier alpha value is -0.830. The van der Waals surface area contributed by atoms with Gasteiger partial charge < -0.3 is 0 Å². The molecule has 0 N–H and O–H groups in total. The normalized spacial score (nSPS) is 12.4. The van der Waals surface area contributed by atoms with Gasteiger partial charge in [-0.2, -0.15) is 0 Å². The van der Waals surface area contributed by atoms with E-state index in [1.54, 1.807) is 0 Å². The van der Waals surface area contributed by atoms with E-state index in [1.165, 1.54) is 5.30 Å². The maximum atomic E-state index is 5.59. The van der Waals surface area contributed by atoms with Gasteiger partial charge in [-0.3, -0.25) is 4.67 Å². The Morgan fingerprint density at radius 1 is 1.21 bits per heavy atom. The van der Waals surface area contributed by atoms with Crippen molar-refractivity contribution in [3.63, 3.8) is 0 Å². The predicted molar refractivity (Wildman–Crippen MR) is 64.8 cm³/mol. The van der Waals surface area contributed by atoms with Crippen LogP contribution in [0.25, 0.3) is 0 Å². The van der Waals surface area contributed by atoms with Crippen molar-refractivity contribution in [2.24, 2.45) is 0 Å². The van der Waals surface area contributed by atoms with Gasteiger partial charge in [0.05, 0.1) is 8.07 Å². The summed E-state index contributed by atoms with van der Waals surface area (Å²) in [7, 11) is -0.556. The molecule has 2 heteroatoms. The molecule has 1 nitrogen and oxygen atoms in total. The molecule has 0 aromatic heterocycles. The van der Waals surface area contributed by atoms with Crippen LogP contribution in [0.2, 0.25) is 0 Å². The average Bonchev–Trinajstić information content (AvgIpc) is 2.27. The van der Waals surface area contributed by atoms with Crippen molar-refractivity contribution in [3.05, 3.63) is 30.3 Å². The first-order valence-electron chi connectivity index (χ1n) is 4.89. The molecule has 0 aliphatic carbocycles. The molecular formula is C12H16NP. The molecular weight excluding hydrogens is 189 g/mol. The van der Waals surface area contributed by atoms with E-state index >= 15 is 0 Å². The molecule has 0 aliphatic heterocycles. The van der Waals surface area contributed by atoms with Crippen molar-refractivity contribution < 1.29 is 0 Å². The van der Waals surface area contributed by atoms with Gasteiger partial charge >= 0.3 is 0 Å². The highest BCUT2D eigenvalue weighted by Gasteiger charge is 2.14. The Labute approximate surface area is 87.9 Å². The van der Waals surface area contributed by atoms with Crippen LogP contribution < -0.4 is 5.30 Å². The molecule has 0 saturated carbocycles. The quantitative estimate of drug-likeness (QED) is 0.539.